The SMILES string of the molecule is Cn1nc(C(=O)Nc2cccc(-c3nsc(Cc4ccc5[nH]ncc5c4Cl)n3)c2)cc1C(F)(F)F. The van der Waals surface area contributed by atoms with Crippen molar-refractivity contribution in [2.45, 2.75) is 12.6 Å². The molecule has 3 heterocycles. The Labute approximate surface area is 204 Å². The van der Waals surface area contributed by atoms with Crippen LogP contribution in [-0.2, 0) is 19.6 Å². The van der Waals surface area contributed by atoms with E-state index < -0.39 is 17.8 Å². The molecule has 5 aromatic rings. The lowest BCUT2D eigenvalue weighted by atomic mass is 10.1. The van der Waals surface area contributed by atoms with E-state index in [1.165, 1.54) is 11.5 Å². The lowest BCUT2D eigenvalue weighted by molar-refractivity contribution is -0.143. The molecule has 0 unspecified atom stereocenters. The topological polar surface area (TPSA) is 101 Å². The summed E-state index contributed by atoms with van der Waals surface area (Å²) in [7, 11) is 1.13. The van der Waals surface area contributed by atoms with Crippen molar-refractivity contribution in [2.75, 3.05) is 5.32 Å². The number of carbonyl (C=O) groups is 1. The molecule has 13 heteroatoms. The second-order valence-corrected chi connectivity index (χ2v) is 8.84. The molecule has 0 aliphatic heterocycles. The molecule has 5 rings (SSSR count). The predicted molar refractivity (Wildman–Crippen MR) is 125 cm³/mol. The van der Waals surface area contributed by atoms with E-state index in [9.17, 15) is 18.0 Å². The maximum atomic E-state index is 13.0. The summed E-state index contributed by atoms with van der Waals surface area (Å²) in [6.07, 6.45) is -2.46. The number of rotatable bonds is 5. The number of hydrogen-bond acceptors (Lipinski definition) is 6. The largest absolute Gasteiger partial charge is 0.433 e. The molecule has 0 radical (unpaired) electrons. The lowest BCUT2D eigenvalue weighted by Gasteiger charge is -2.05. The highest BCUT2D eigenvalue weighted by atomic mass is 35.5. The predicted octanol–water partition coefficient (Wildman–Crippen LogP) is 5.33. The molecule has 178 valence electrons. The molecule has 0 atom stereocenters. The Kier molecular flexibility index (Phi) is 5.77. The monoisotopic (exact) mass is 517 g/mol. The van der Waals surface area contributed by atoms with Crippen molar-refractivity contribution in [3.05, 3.63) is 75.6 Å². The molecule has 1 amide bonds. The van der Waals surface area contributed by atoms with E-state index in [-0.39, 0.29) is 5.69 Å². The summed E-state index contributed by atoms with van der Waals surface area (Å²) >= 11 is 7.73. The number of alkyl halides is 3. The smallest absolute Gasteiger partial charge is 0.321 e. The Morgan fingerprint density at radius 1 is 1.23 bits per heavy atom. The van der Waals surface area contributed by atoms with Crippen LogP contribution in [0.4, 0.5) is 18.9 Å². The van der Waals surface area contributed by atoms with E-state index in [1.807, 2.05) is 12.1 Å². The minimum absolute atomic E-state index is 0.342. The van der Waals surface area contributed by atoms with Gasteiger partial charge in [0.15, 0.2) is 11.5 Å². The fourth-order valence-corrected chi connectivity index (χ4v) is 4.51. The summed E-state index contributed by atoms with van der Waals surface area (Å²) in [6, 6.07) is 11.2. The van der Waals surface area contributed by atoms with Gasteiger partial charge in [0.2, 0.25) is 0 Å². The normalized spacial score (nSPS) is 11.8. The van der Waals surface area contributed by atoms with Crippen LogP contribution in [0.5, 0.6) is 0 Å². The molecule has 0 aliphatic rings. The summed E-state index contributed by atoms with van der Waals surface area (Å²) in [4.78, 5) is 17.0. The fourth-order valence-electron chi connectivity index (χ4n) is 3.55. The van der Waals surface area contributed by atoms with Gasteiger partial charge < -0.3 is 5.32 Å². The van der Waals surface area contributed by atoms with Crippen molar-refractivity contribution in [3.8, 4) is 11.4 Å². The molecule has 0 bridgehead atoms. The van der Waals surface area contributed by atoms with Crippen molar-refractivity contribution in [1.29, 1.82) is 0 Å². The zero-order chi connectivity index (χ0) is 24.7. The minimum atomic E-state index is -4.61. The zero-order valence-electron chi connectivity index (χ0n) is 17.9. The third kappa shape index (κ3) is 4.62. The maximum absolute atomic E-state index is 13.0. The van der Waals surface area contributed by atoms with Crippen LogP contribution in [0.1, 0.15) is 26.8 Å². The standard InChI is InChI=1S/C22H15ClF3N7OS/c1-33-17(22(24,25)26)9-16(31-33)21(34)28-13-4-2-3-12(7-13)20-29-18(35-32-20)8-11-5-6-15-14(19(11)23)10-27-30-15/h2-7,9-10H,8H2,1H3,(H,27,30)(H,28,34). The first-order chi connectivity index (χ1) is 16.7. The average Bonchev–Trinajstić information content (AvgIpc) is 3.55. The zero-order valence-corrected chi connectivity index (χ0v) is 19.5. The first-order valence-corrected chi connectivity index (χ1v) is 11.3. The lowest BCUT2D eigenvalue weighted by Crippen LogP contribution is -2.13. The highest BCUT2D eigenvalue weighted by Gasteiger charge is 2.35. The molecule has 2 aromatic carbocycles. The van der Waals surface area contributed by atoms with Crippen molar-refractivity contribution in [3.63, 3.8) is 0 Å². The van der Waals surface area contributed by atoms with Crippen LogP contribution >= 0.6 is 23.1 Å². The fraction of sp³-hybridized carbons (Fsp3) is 0.136. The van der Waals surface area contributed by atoms with Crippen LogP contribution in [0.2, 0.25) is 5.02 Å². The van der Waals surface area contributed by atoms with E-state index in [2.05, 4.69) is 30.0 Å². The van der Waals surface area contributed by atoms with E-state index in [0.717, 1.165) is 28.5 Å². The van der Waals surface area contributed by atoms with Crippen LogP contribution in [0.25, 0.3) is 22.3 Å². The Balaban J connectivity index is 1.33. The van der Waals surface area contributed by atoms with E-state index in [1.54, 1.807) is 30.5 Å². The number of aromatic nitrogens is 6. The highest BCUT2D eigenvalue weighted by molar-refractivity contribution is 7.05. The number of aromatic amines is 1. The molecule has 0 spiro atoms. The molecule has 3 aromatic heterocycles. The molecule has 2 N–H and O–H groups in total. The number of amides is 1. The van der Waals surface area contributed by atoms with Gasteiger partial charge >= 0.3 is 6.18 Å². The minimum Gasteiger partial charge on any atom is -0.321 e. The average molecular weight is 518 g/mol. The molecule has 0 aliphatic carbocycles. The molecule has 0 saturated heterocycles. The van der Waals surface area contributed by atoms with Gasteiger partial charge in [0.1, 0.15) is 10.7 Å². The van der Waals surface area contributed by atoms with Crippen LogP contribution in [0.15, 0.2) is 48.7 Å². The van der Waals surface area contributed by atoms with Gasteiger partial charge in [0.25, 0.3) is 5.91 Å². The molecule has 35 heavy (non-hydrogen) atoms. The van der Waals surface area contributed by atoms with E-state index in [0.29, 0.717) is 39.3 Å². The number of nitrogens with one attached hydrogen (secondary N) is 2. The van der Waals surface area contributed by atoms with Crippen LogP contribution in [0.3, 0.4) is 0 Å². The first-order valence-electron chi connectivity index (χ1n) is 10.1. The maximum Gasteiger partial charge on any atom is 0.433 e. The van der Waals surface area contributed by atoms with E-state index in [4.69, 9.17) is 11.6 Å². The van der Waals surface area contributed by atoms with Crippen LogP contribution in [0, 0.1) is 0 Å². The van der Waals surface area contributed by atoms with Gasteiger partial charge in [0.05, 0.1) is 16.7 Å². The Morgan fingerprint density at radius 3 is 2.83 bits per heavy atom. The highest BCUT2D eigenvalue weighted by Crippen LogP contribution is 2.31. The number of fused-ring (bicyclic) bond motifs is 1. The second-order valence-electron chi connectivity index (χ2n) is 7.63. The van der Waals surface area contributed by atoms with Gasteiger partial charge in [-0.1, -0.05) is 29.8 Å². The number of H-pyrrole nitrogens is 1. The van der Waals surface area contributed by atoms with Gasteiger partial charge in [-0.2, -0.15) is 27.7 Å². The number of benzene rings is 2. The number of carbonyl (C=O) groups excluding carboxylic acids is 1. The van der Waals surface area contributed by atoms with Crippen LogP contribution < -0.4 is 5.32 Å². The third-order valence-electron chi connectivity index (χ3n) is 5.23. The van der Waals surface area contributed by atoms with Gasteiger partial charge in [-0.05, 0) is 35.3 Å². The number of anilines is 1. The molecule has 0 saturated carbocycles. The summed E-state index contributed by atoms with van der Waals surface area (Å²) in [6.45, 7) is 0. The summed E-state index contributed by atoms with van der Waals surface area (Å²) in [5.74, 6) is -0.303. The summed E-state index contributed by atoms with van der Waals surface area (Å²) in [5, 5.41) is 15.3. The first kappa shape index (κ1) is 23.0. The van der Waals surface area contributed by atoms with Crippen molar-refractivity contribution in [1.82, 2.24) is 29.3 Å². The Hall–Kier alpha value is -3.77. The molecule has 0 fully saturated rings. The van der Waals surface area contributed by atoms with Gasteiger partial charge in [-0.3, -0.25) is 14.6 Å². The second kappa shape index (κ2) is 8.78. The Morgan fingerprint density at radius 2 is 2.06 bits per heavy atom. The quantitative estimate of drug-likeness (QED) is 0.328. The summed E-state index contributed by atoms with van der Waals surface area (Å²) in [5.41, 5.74) is 1.39. The third-order valence-corrected chi connectivity index (χ3v) is 6.39. The Bertz CT molecular complexity index is 1560. The number of aryl methyl sites for hydroxylation is 1. The number of nitrogens with zero attached hydrogens (tertiary/aromatic N) is 5. The van der Waals surface area contributed by atoms with Gasteiger partial charge in [-0.15, -0.1) is 0 Å². The molecular formula is C22H15ClF3N7OS. The van der Waals surface area contributed by atoms with Crippen molar-refractivity contribution >= 4 is 45.6 Å². The van der Waals surface area contributed by atoms with Crippen LogP contribution in [-0.4, -0.2) is 35.2 Å². The number of halogens is 4. The molecular weight excluding hydrogens is 503 g/mol. The van der Waals surface area contributed by atoms with E-state index >= 15 is 0 Å². The van der Waals surface area contributed by atoms with Crippen molar-refractivity contribution in [2.24, 2.45) is 7.05 Å². The molecule has 8 nitrogen and oxygen atoms in total. The van der Waals surface area contributed by atoms with Gasteiger partial charge in [-0.25, -0.2) is 4.98 Å². The van der Waals surface area contributed by atoms with Gasteiger partial charge in [0, 0.05) is 36.2 Å². The number of hydrogen-bond donors (Lipinski definition) is 2. The summed E-state index contributed by atoms with van der Waals surface area (Å²) < 4.78 is 44.0. The van der Waals surface area contributed by atoms with Crippen molar-refractivity contribution < 1.29 is 18.0 Å².